The molecule has 0 spiro atoms. The Morgan fingerprint density at radius 2 is 1.78 bits per heavy atom. The van der Waals surface area contributed by atoms with Gasteiger partial charge in [-0.25, -0.2) is 4.79 Å². The van der Waals surface area contributed by atoms with Crippen molar-refractivity contribution >= 4 is 22.9 Å². The summed E-state index contributed by atoms with van der Waals surface area (Å²) >= 11 is 5.48. The van der Waals surface area contributed by atoms with Crippen LogP contribution in [0.1, 0.15) is 25.0 Å². The maximum atomic E-state index is 13.0. The first kappa shape index (κ1) is 21.3. The van der Waals surface area contributed by atoms with Crippen LogP contribution in [0.3, 0.4) is 0 Å². The lowest BCUT2D eigenvalue weighted by Gasteiger charge is -2.34. The standard InChI is InChI=1S/C17H20ClF3N2O4/c1-16(2,14(18)24)27-13-9-12(17(19,20)21)4-3-11(13)10-22-5-7-23(8-6-22)15(25)26/h3-4,9H,5-8,10H2,1-2H3,(H,25,26). The smallest absolute Gasteiger partial charge is 0.416 e. The maximum absolute atomic E-state index is 13.0. The number of alkyl halides is 3. The Kier molecular flexibility index (Phi) is 6.26. The molecule has 10 heteroatoms. The van der Waals surface area contributed by atoms with Gasteiger partial charge in [0.15, 0.2) is 5.60 Å². The van der Waals surface area contributed by atoms with E-state index in [9.17, 15) is 22.8 Å². The Morgan fingerprint density at radius 1 is 1.19 bits per heavy atom. The van der Waals surface area contributed by atoms with Crippen molar-refractivity contribution in [2.45, 2.75) is 32.2 Å². The Hall–Kier alpha value is -2.00. The second kappa shape index (κ2) is 7.93. The molecular formula is C17H20ClF3N2O4. The summed E-state index contributed by atoms with van der Waals surface area (Å²) in [5.41, 5.74) is -1.93. The molecule has 1 aliphatic heterocycles. The fourth-order valence-corrected chi connectivity index (χ4v) is 2.65. The molecule has 1 aliphatic rings. The molecule has 0 unspecified atom stereocenters. The summed E-state index contributed by atoms with van der Waals surface area (Å²) in [5, 5.41) is 8.15. The van der Waals surface area contributed by atoms with Gasteiger partial charge in [0.2, 0.25) is 0 Å². The summed E-state index contributed by atoms with van der Waals surface area (Å²) in [5.74, 6) is -0.0792. The third-order valence-corrected chi connectivity index (χ3v) is 4.72. The number of piperazine rings is 1. The quantitative estimate of drug-likeness (QED) is 0.756. The lowest BCUT2D eigenvalue weighted by Crippen LogP contribution is -2.47. The Labute approximate surface area is 159 Å². The third-order valence-electron chi connectivity index (χ3n) is 4.27. The molecule has 0 radical (unpaired) electrons. The van der Waals surface area contributed by atoms with Crippen LogP contribution in [0.15, 0.2) is 18.2 Å². The molecule has 1 saturated heterocycles. The van der Waals surface area contributed by atoms with Crippen LogP contribution in [-0.4, -0.2) is 58.0 Å². The van der Waals surface area contributed by atoms with Gasteiger partial charge in [-0.1, -0.05) is 6.07 Å². The van der Waals surface area contributed by atoms with Crippen molar-refractivity contribution in [1.29, 1.82) is 0 Å². The van der Waals surface area contributed by atoms with Crippen LogP contribution in [0, 0.1) is 0 Å². The van der Waals surface area contributed by atoms with E-state index in [4.69, 9.17) is 21.4 Å². The highest BCUT2D eigenvalue weighted by molar-refractivity contribution is 6.65. The molecule has 150 valence electrons. The number of hydrogen-bond donors (Lipinski definition) is 1. The van der Waals surface area contributed by atoms with Crippen LogP contribution in [0.4, 0.5) is 18.0 Å². The van der Waals surface area contributed by atoms with Gasteiger partial charge in [0.25, 0.3) is 5.24 Å². The number of amides is 1. The molecule has 0 atom stereocenters. The summed E-state index contributed by atoms with van der Waals surface area (Å²) in [6.07, 6.45) is -5.56. The molecular weight excluding hydrogens is 389 g/mol. The van der Waals surface area contributed by atoms with Crippen molar-refractivity contribution in [1.82, 2.24) is 9.80 Å². The summed E-state index contributed by atoms with van der Waals surface area (Å²) in [4.78, 5) is 25.6. The fourth-order valence-electron chi connectivity index (χ4n) is 2.61. The van der Waals surface area contributed by atoms with Gasteiger partial charge in [0, 0.05) is 38.3 Å². The van der Waals surface area contributed by atoms with Gasteiger partial charge in [-0.3, -0.25) is 9.69 Å². The molecule has 1 heterocycles. The van der Waals surface area contributed by atoms with Crippen LogP contribution in [0.5, 0.6) is 5.75 Å². The molecule has 1 aromatic carbocycles. The number of carboxylic acid groups (broad SMARTS) is 1. The van der Waals surface area contributed by atoms with Crippen molar-refractivity contribution in [2.75, 3.05) is 26.2 Å². The number of carbonyl (C=O) groups excluding carboxylic acids is 1. The van der Waals surface area contributed by atoms with E-state index in [-0.39, 0.29) is 12.3 Å². The molecule has 2 rings (SSSR count). The van der Waals surface area contributed by atoms with Gasteiger partial charge in [0.05, 0.1) is 5.56 Å². The molecule has 6 nitrogen and oxygen atoms in total. The minimum absolute atomic E-state index is 0.0792. The van der Waals surface area contributed by atoms with Crippen molar-refractivity contribution in [3.63, 3.8) is 0 Å². The number of hydrogen-bond acceptors (Lipinski definition) is 4. The SMILES string of the molecule is CC(C)(Oc1cc(C(F)(F)F)ccc1CN1CCN(C(=O)O)CC1)C(=O)Cl. The van der Waals surface area contributed by atoms with Gasteiger partial charge >= 0.3 is 12.3 Å². The van der Waals surface area contributed by atoms with Gasteiger partial charge in [-0.2, -0.15) is 13.2 Å². The molecule has 0 saturated carbocycles. The third kappa shape index (κ3) is 5.49. The number of benzene rings is 1. The number of carbonyl (C=O) groups is 2. The molecule has 0 aliphatic carbocycles. The zero-order valence-electron chi connectivity index (χ0n) is 14.8. The zero-order valence-corrected chi connectivity index (χ0v) is 15.6. The second-order valence-corrected chi connectivity index (χ2v) is 7.10. The van der Waals surface area contributed by atoms with Crippen LogP contribution in [-0.2, 0) is 17.5 Å². The van der Waals surface area contributed by atoms with Gasteiger partial charge < -0.3 is 14.7 Å². The molecule has 27 heavy (non-hydrogen) atoms. The van der Waals surface area contributed by atoms with E-state index in [1.807, 2.05) is 4.90 Å². The summed E-state index contributed by atoms with van der Waals surface area (Å²) in [6.45, 7) is 4.48. The van der Waals surface area contributed by atoms with Gasteiger partial charge in [-0.15, -0.1) is 0 Å². The van der Waals surface area contributed by atoms with E-state index in [0.29, 0.717) is 31.7 Å². The van der Waals surface area contributed by atoms with E-state index in [0.717, 1.165) is 12.1 Å². The second-order valence-electron chi connectivity index (χ2n) is 6.75. The van der Waals surface area contributed by atoms with E-state index >= 15 is 0 Å². The minimum Gasteiger partial charge on any atom is -0.478 e. The maximum Gasteiger partial charge on any atom is 0.416 e. The average molecular weight is 409 g/mol. The van der Waals surface area contributed by atoms with Crippen LogP contribution in [0.2, 0.25) is 0 Å². The Morgan fingerprint density at radius 3 is 2.26 bits per heavy atom. The Bertz CT molecular complexity index is 717. The topological polar surface area (TPSA) is 70.1 Å². The highest BCUT2D eigenvalue weighted by Gasteiger charge is 2.34. The van der Waals surface area contributed by atoms with E-state index in [1.165, 1.54) is 24.8 Å². The molecule has 1 fully saturated rings. The highest BCUT2D eigenvalue weighted by atomic mass is 35.5. The molecule has 1 N–H and O–H groups in total. The van der Waals surface area contributed by atoms with E-state index in [1.54, 1.807) is 0 Å². The summed E-state index contributed by atoms with van der Waals surface area (Å²) < 4.78 is 44.7. The average Bonchev–Trinajstić information content (AvgIpc) is 2.55. The lowest BCUT2D eigenvalue weighted by atomic mass is 10.1. The summed E-state index contributed by atoms with van der Waals surface area (Å²) in [6, 6.07) is 3.10. The first-order chi connectivity index (χ1) is 12.4. The van der Waals surface area contributed by atoms with Crippen LogP contribution < -0.4 is 4.74 Å². The predicted octanol–water partition coefficient (Wildman–Crippen LogP) is 3.42. The monoisotopic (exact) mass is 408 g/mol. The normalized spacial score (nSPS) is 16.3. The molecule has 1 amide bonds. The van der Waals surface area contributed by atoms with Crippen molar-refractivity contribution in [3.05, 3.63) is 29.3 Å². The molecule has 0 aromatic heterocycles. The Balaban J connectivity index is 2.24. The minimum atomic E-state index is -4.56. The summed E-state index contributed by atoms with van der Waals surface area (Å²) in [7, 11) is 0. The van der Waals surface area contributed by atoms with Crippen LogP contribution >= 0.6 is 11.6 Å². The zero-order chi connectivity index (χ0) is 20.4. The number of ether oxygens (including phenoxy) is 1. The number of nitrogens with zero attached hydrogens (tertiary/aromatic N) is 2. The van der Waals surface area contributed by atoms with Crippen LogP contribution in [0.25, 0.3) is 0 Å². The van der Waals surface area contributed by atoms with E-state index < -0.39 is 28.7 Å². The molecule has 0 bridgehead atoms. The predicted molar refractivity (Wildman–Crippen MR) is 91.9 cm³/mol. The van der Waals surface area contributed by atoms with Crippen molar-refractivity contribution in [3.8, 4) is 5.75 Å². The first-order valence-corrected chi connectivity index (χ1v) is 8.57. The first-order valence-electron chi connectivity index (χ1n) is 8.19. The van der Waals surface area contributed by atoms with E-state index in [2.05, 4.69) is 0 Å². The number of rotatable bonds is 5. The number of halogens is 4. The van der Waals surface area contributed by atoms with Gasteiger partial charge in [-0.05, 0) is 37.6 Å². The van der Waals surface area contributed by atoms with Crippen molar-refractivity contribution < 1.29 is 32.6 Å². The highest BCUT2D eigenvalue weighted by Crippen LogP contribution is 2.35. The fraction of sp³-hybridized carbons (Fsp3) is 0.529. The lowest BCUT2D eigenvalue weighted by molar-refractivity contribution is -0.137. The van der Waals surface area contributed by atoms with Gasteiger partial charge in [0.1, 0.15) is 5.75 Å². The van der Waals surface area contributed by atoms with Crippen molar-refractivity contribution in [2.24, 2.45) is 0 Å². The largest absolute Gasteiger partial charge is 0.478 e. The molecule has 1 aromatic rings.